The molecule has 0 bridgehead atoms. The van der Waals surface area contributed by atoms with E-state index in [-0.39, 0.29) is 29.4 Å². The van der Waals surface area contributed by atoms with Crippen molar-refractivity contribution >= 4 is 17.4 Å². The minimum absolute atomic E-state index is 0. The Morgan fingerprint density at radius 1 is 1.23 bits per heavy atom. The van der Waals surface area contributed by atoms with Crippen LogP contribution in [0.5, 0.6) is 0 Å². The van der Waals surface area contributed by atoms with E-state index in [0.717, 1.165) is 12.1 Å². The van der Waals surface area contributed by atoms with Gasteiger partial charge in [0.25, 0.3) is 0 Å². The molecule has 2 rings (SSSR count). The maximum Gasteiger partial charge on any atom is 0.335 e. The Morgan fingerprint density at radius 3 is 2.50 bits per heavy atom. The lowest BCUT2D eigenvalue weighted by molar-refractivity contribution is -0.439. The summed E-state index contributed by atoms with van der Waals surface area (Å²) in [6.07, 6.45) is 4.96. The Balaban J connectivity index is 0.00000242. The molecule has 3 nitrogen and oxygen atoms in total. The van der Waals surface area contributed by atoms with E-state index in [4.69, 9.17) is 0 Å². The number of nitrogens with zero attached hydrogens (tertiary/aromatic N) is 1. The van der Waals surface area contributed by atoms with Crippen molar-refractivity contribution < 1.29 is 38.5 Å². The standard InChI is InChI=1S/C18H25NO2.HI/c1-5-6-7-8-11-19-13(2)18(3,4)15-12-14(17(20)21)9-10-16(15)19;/h9-10,12H,5-8,11H2,1-4H3;1H. The van der Waals surface area contributed by atoms with Crippen molar-refractivity contribution in [2.75, 3.05) is 6.54 Å². The first-order valence-corrected chi connectivity index (χ1v) is 7.89. The van der Waals surface area contributed by atoms with Crippen molar-refractivity contribution in [2.45, 2.75) is 58.8 Å². The molecule has 122 valence electrons. The van der Waals surface area contributed by atoms with Gasteiger partial charge in [-0.2, -0.15) is 4.58 Å². The lowest BCUT2D eigenvalue weighted by Crippen LogP contribution is -3.00. The van der Waals surface area contributed by atoms with Crippen LogP contribution in [-0.4, -0.2) is 27.9 Å². The maximum atomic E-state index is 11.2. The van der Waals surface area contributed by atoms with Crippen LogP contribution in [0, 0.1) is 0 Å². The summed E-state index contributed by atoms with van der Waals surface area (Å²) in [6, 6.07) is 5.53. The average molecular weight is 415 g/mol. The highest BCUT2D eigenvalue weighted by molar-refractivity contribution is 5.95. The molecule has 0 aromatic heterocycles. The molecule has 0 atom stereocenters. The van der Waals surface area contributed by atoms with E-state index in [1.807, 2.05) is 12.1 Å². The number of carboxylic acid groups (broad SMARTS) is 1. The lowest BCUT2D eigenvalue weighted by atomic mass is 9.81. The van der Waals surface area contributed by atoms with Gasteiger partial charge >= 0.3 is 5.97 Å². The molecule has 0 saturated heterocycles. The molecule has 0 aliphatic carbocycles. The third kappa shape index (κ3) is 3.53. The van der Waals surface area contributed by atoms with Gasteiger partial charge < -0.3 is 29.1 Å². The molecule has 1 aliphatic heterocycles. The van der Waals surface area contributed by atoms with E-state index in [1.165, 1.54) is 37.1 Å². The van der Waals surface area contributed by atoms with Gasteiger partial charge in [0.2, 0.25) is 5.69 Å². The van der Waals surface area contributed by atoms with Gasteiger partial charge in [0.15, 0.2) is 5.71 Å². The molecule has 4 heteroatoms. The summed E-state index contributed by atoms with van der Waals surface area (Å²) < 4.78 is 2.37. The highest BCUT2D eigenvalue weighted by Gasteiger charge is 2.43. The Kier molecular flexibility index (Phi) is 6.59. The molecule has 0 radical (unpaired) electrons. The molecule has 22 heavy (non-hydrogen) atoms. The molecule has 0 fully saturated rings. The SMILES string of the molecule is CCCCCC[N+]1=C(C)C(C)(C)c2cc(C(=O)O)ccc21.[I-]. The second kappa shape index (κ2) is 7.57. The zero-order valence-corrected chi connectivity index (χ0v) is 16.1. The molecule has 1 heterocycles. The number of rotatable bonds is 6. The number of aromatic carboxylic acids is 1. The second-order valence-electron chi connectivity index (χ2n) is 6.46. The van der Waals surface area contributed by atoms with Crippen LogP contribution in [0.3, 0.4) is 0 Å². The second-order valence-corrected chi connectivity index (χ2v) is 6.46. The van der Waals surface area contributed by atoms with Gasteiger partial charge in [0.1, 0.15) is 6.54 Å². The number of hydrogen-bond acceptors (Lipinski definition) is 1. The van der Waals surface area contributed by atoms with Crippen LogP contribution in [0.1, 0.15) is 69.3 Å². The van der Waals surface area contributed by atoms with Crippen molar-refractivity contribution in [3.05, 3.63) is 29.3 Å². The summed E-state index contributed by atoms with van der Waals surface area (Å²) in [5.41, 5.74) is 3.92. The molecule has 0 unspecified atom stereocenters. The number of hydrogen-bond donors (Lipinski definition) is 1. The van der Waals surface area contributed by atoms with Gasteiger partial charge in [-0.15, -0.1) is 0 Å². The van der Waals surface area contributed by atoms with Crippen molar-refractivity contribution in [1.29, 1.82) is 0 Å². The summed E-state index contributed by atoms with van der Waals surface area (Å²) in [6.45, 7) is 9.77. The molecule has 0 amide bonds. The van der Waals surface area contributed by atoms with Gasteiger partial charge in [0.05, 0.1) is 11.0 Å². The van der Waals surface area contributed by atoms with Crippen molar-refractivity contribution in [1.82, 2.24) is 0 Å². The van der Waals surface area contributed by atoms with Gasteiger partial charge in [-0.1, -0.05) is 19.8 Å². The Bertz CT molecular complexity index is 591. The molecular formula is C18H26INO2. The van der Waals surface area contributed by atoms with Crippen LogP contribution < -0.4 is 24.0 Å². The molecule has 1 N–H and O–H groups in total. The summed E-state index contributed by atoms with van der Waals surface area (Å²) in [7, 11) is 0. The smallest absolute Gasteiger partial charge is 0.335 e. The topological polar surface area (TPSA) is 40.3 Å². The van der Waals surface area contributed by atoms with Gasteiger partial charge in [-0.25, -0.2) is 4.79 Å². The van der Waals surface area contributed by atoms with Crippen molar-refractivity contribution in [3.8, 4) is 0 Å². The quantitative estimate of drug-likeness (QED) is 0.433. The maximum absolute atomic E-state index is 11.2. The first-order valence-electron chi connectivity index (χ1n) is 7.89. The van der Waals surface area contributed by atoms with Gasteiger partial charge in [-0.05, 0) is 32.4 Å². The summed E-state index contributed by atoms with van der Waals surface area (Å²) in [4.78, 5) is 11.2. The van der Waals surface area contributed by atoms with E-state index >= 15 is 0 Å². The van der Waals surface area contributed by atoms with Crippen molar-refractivity contribution in [2.24, 2.45) is 0 Å². The highest BCUT2D eigenvalue weighted by Crippen LogP contribution is 2.40. The number of halogens is 1. The number of fused-ring (bicyclic) bond motifs is 1. The Labute approximate surface area is 150 Å². The van der Waals surface area contributed by atoms with E-state index in [9.17, 15) is 9.90 Å². The number of unbranched alkanes of at least 4 members (excludes halogenated alkanes) is 3. The third-order valence-corrected chi connectivity index (χ3v) is 4.75. The lowest BCUT2D eigenvalue weighted by Gasteiger charge is -2.15. The Hall–Kier alpha value is -0.910. The van der Waals surface area contributed by atoms with Crippen molar-refractivity contribution in [3.63, 3.8) is 0 Å². The third-order valence-electron chi connectivity index (χ3n) is 4.75. The van der Waals surface area contributed by atoms with Crippen LogP contribution in [0.4, 0.5) is 5.69 Å². The van der Waals surface area contributed by atoms with Crippen LogP contribution >= 0.6 is 0 Å². The average Bonchev–Trinajstić information content (AvgIpc) is 2.63. The van der Waals surface area contributed by atoms with Crippen LogP contribution in [0.25, 0.3) is 0 Å². The normalized spacial score (nSPS) is 15.5. The van der Waals surface area contributed by atoms with Crippen LogP contribution in [0.2, 0.25) is 0 Å². The summed E-state index contributed by atoms with van der Waals surface area (Å²) >= 11 is 0. The Morgan fingerprint density at radius 2 is 1.91 bits per heavy atom. The first kappa shape index (κ1) is 19.1. The van der Waals surface area contributed by atoms with E-state index < -0.39 is 5.97 Å². The van der Waals surface area contributed by atoms with E-state index in [1.54, 1.807) is 6.07 Å². The fraction of sp³-hybridized carbons (Fsp3) is 0.556. The fourth-order valence-electron chi connectivity index (χ4n) is 3.10. The number of benzene rings is 1. The largest absolute Gasteiger partial charge is 1.00 e. The molecule has 1 aromatic carbocycles. The molecular weight excluding hydrogens is 389 g/mol. The molecule has 0 spiro atoms. The monoisotopic (exact) mass is 415 g/mol. The molecule has 1 aromatic rings. The molecule has 0 saturated carbocycles. The zero-order valence-electron chi connectivity index (χ0n) is 13.9. The minimum Gasteiger partial charge on any atom is -1.00 e. The van der Waals surface area contributed by atoms with E-state index in [2.05, 4.69) is 32.3 Å². The predicted molar refractivity (Wildman–Crippen MR) is 86.0 cm³/mol. The number of carbonyl (C=O) groups is 1. The highest BCUT2D eigenvalue weighted by atomic mass is 127. The first-order chi connectivity index (χ1) is 9.89. The van der Waals surface area contributed by atoms with Crippen LogP contribution in [-0.2, 0) is 5.41 Å². The summed E-state index contributed by atoms with van der Waals surface area (Å²) in [5.74, 6) is -0.854. The molecule has 1 aliphatic rings. The zero-order chi connectivity index (χ0) is 15.6. The van der Waals surface area contributed by atoms with Crippen LogP contribution in [0.15, 0.2) is 18.2 Å². The van der Waals surface area contributed by atoms with E-state index in [0.29, 0.717) is 5.56 Å². The predicted octanol–water partition coefficient (Wildman–Crippen LogP) is 1.37. The number of carboxylic acids is 1. The fourth-order valence-corrected chi connectivity index (χ4v) is 3.10. The van der Waals surface area contributed by atoms with Gasteiger partial charge in [-0.3, -0.25) is 0 Å². The van der Waals surface area contributed by atoms with Gasteiger partial charge in [0, 0.05) is 25.0 Å². The summed E-state index contributed by atoms with van der Waals surface area (Å²) in [5, 5.41) is 9.20. The minimum atomic E-state index is -0.854.